The van der Waals surface area contributed by atoms with Crippen LogP contribution in [0.25, 0.3) is 0 Å². The van der Waals surface area contributed by atoms with Crippen molar-refractivity contribution in [3.8, 4) is 5.75 Å². The number of aromatic nitrogens is 2. The Morgan fingerprint density at radius 2 is 1.45 bits per heavy atom. The van der Waals surface area contributed by atoms with Gasteiger partial charge in [0.1, 0.15) is 5.75 Å². The molecule has 2 aromatic rings. The van der Waals surface area contributed by atoms with Crippen molar-refractivity contribution in [2.75, 3.05) is 49.1 Å². The van der Waals surface area contributed by atoms with E-state index in [9.17, 15) is 4.79 Å². The van der Waals surface area contributed by atoms with Crippen molar-refractivity contribution in [3.05, 3.63) is 42.0 Å². The van der Waals surface area contributed by atoms with Crippen molar-refractivity contribution < 1.29 is 9.53 Å². The van der Waals surface area contributed by atoms with E-state index in [1.54, 1.807) is 0 Å². The van der Waals surface area contributed by atoms with E-state index in [0.29, 0.717) is 13.1 Å². The largest absolute Gasteiger partial charge is 0.480 e. The highest BCUT2D eigenvalue weighted by molar-refractivity contribution is 5.82. The van der Waals surface area contributed by atoms with Gasteiger partial charge < -0.3 is 19.4 Å². The molecule has 7 heteroatoms. The van der Waals surface area contributed by atoms with Crippen LogP contribution >= 0.6 is 0 Å². The number of piperazine rings is 1. The molecule has 31 heavy (non-hydrogen) atoms. The summed E-state index contributed by atoms with van der Waals surface area (Å²) < 4.78 is 6.01. The molecule has 2 saturated heterocycles. The maximum Gasteiger partial charge on any atom is 0.263 e. The zero-order chi connectivity index (χ0) is 21.0. The Bertz CT molecular complexity index is 887. The molecular weight excluding hydrogens is 390 g/mol. The molecule has 0 saturated carbocycles. The van der Waals surface area contributed by atoms with E-state index >= 15 is 0 Å². The Hall–Kier alpha value is -2.83. The van der Waals surface area contributed by atoms with Crippen molar-refractivity contribution in [2.24, 2.45) is 0 Å². The van der Waals surface area contributed by atoms with Gasteiger partial charge >= 0.3 is 0 Å². The fourth-order valence-corrected chi connectivity index (χ4v) is 4.81. The quantitative estimate of drug-likeness (QED) is 0.760. The number of benzene rings is 1. The van der Waals surface area contributed by atoms with E-state index in [-0.39, 0.29) is 12.0 Å². The van der Waals surface area contributed by atoms with Gasteiger partial charge in [0.2, 0.25) is 0 Å². The first-order chi connectivity index (χ1) is 15.3. The van der Waals surface area contributed by atoms with Crippen LogP contribution in [0.3, 0.4) is 0 Å². The number of carbonyl (C=O) groups is 1. The second kappa shape index (κ2) is 9.12. The lowest BCUT2D eigenvalue weighted by atomic mass is 10.0. The summed E-state index contributed by atoms with van der Waals surface area (Å²) in [5.74, 6) is 2.84. The monoisotopic (exact) mass is 421 g/mol. The summed E-state index contributed by atoms with van der Waals surface area (Å²) in [7, 11) is 0. The minimum atomic E-state index is -0.367. The molecule has 1 amide bonds. The van der Waals surface area contributed by atoms with E-state index in [1.807, 2.05) is 23.1 Å². The molecule has 5 rings (SSSR count). The summed E-state index contributed by atoms with van der Waals surface area (Å²) in [5.41, 5.74) is 1.19. The summed E-state index contributed by atoms with van der Waals surface area (Å²) in [6.07, 6.45) is 6.36. The Morgan fingerprint density at radius 1 is 0.806 bits per heavy atom. The van der Waals surface area contributed by atoms with Crippen LogP contribution in [0.4, 0.5) is 11.6 Å². The maximum atomic E-state index is 13.0. The summed E-state index contributed by atoms with van der Waals surface area (Å²) >= 11 is 0. The summed E-state index contributed by atoms with van der Waals surface area (Å²) in [5, 5.41) is 9.00. The Balaban J connectivity index is 1.15. The van der Waals surface area contributed by atoms with Gasteiger partial charge in [-0.15, -0.1) is 10.2 Å². The van der Waals surface area contributed by atoms with Crippen LogP contribution in [0.2, 0.25) is 0 Å². The smallest absolute Gasteiger partial charge is 0.263 e. The van der Waals surface area contributed by atoms with E-state index in [2.05, 4.69) is 38.2 Å². The number of aryl methyl sites for hydroxylation is 1. The molecule has 164 valence electrons. The highest BCUT2D eigenvalue weighted by Gasteiger charge is 2.31. The average Bonchev–Trinajstić information content (AvgIpc) is 3.13. The van der Waals surface area contributed by atoms with Crippen LogP contribution in [0.1, 0.15) is 37.7 Å². The molecule has 0 radical (unpaired) electrons. The highest BCUT2D eigenvalue weighted by Crippen LogP contribution is 2.28. The number of hydrogen-bond donors (Lipinski definition) is 0. The van der Waals surface area contributed by atoms with E-state index < -0.39 is 0 Å². The molecule has 7 nitrogen and oxygen atoms in total. The zero-order valence-corrected chi connectivity index (χ0v) is 18.1. The lowest BCUT2D eigenvalue weighted by molar-refractivity contribution is -0.139. The minimum absolute atomic E-state index is 0.108. The van der Waals surface area contributed by atoms with Gasteiger partial charge in [-0.25, -0.2) is 0 Å². The summed E-state index contributed by atoms with van der Waals surface area (Å²) in [6.45, 7) is 5.07. The number of para-hydroxylation sites is 1. The van der Waals surface area contributed by atoms with Gasteiger partial charge in [0.15, 0.2) is 17.7 Å². The van der Waals surface area contributed by atoms with Gasteiger partial charge in [0.25, 0.3) is 5.91 Å². The van der Waals surface area contributed by atoms with Crippen LogP contribution in [-0.2, 0) is 11.2 Å². The topological polar surface area (TPSA) is 61.8 Å². The number of fused-ring (bicyclic) bond motifs is 1. The number of carbonyl (C=O) groups excluding carboxylic acids is 1. The summed E-state index contributed by atoms with van der Waals surface area (Å²) in [6, 6.07) is 12.2. The predicted octanol–water partition coefficient (Wildman–Crippen LogP) is 2.90. The second-order valence-electron chi connectivity index (χ2n) is 8.72. The van der Waals surface area contributed by atoms with Crippen molar-refractivity contribution in [1.29, 1.82) is 0 Å². The van der Waals surface area contributed by atoms with E-state index in [0.717, 1.165) is 56.4 Å². The van der Waals surface area contributed by atoms with Crippen LogP contribution in [0, 0.1) is 0 Å². The van der Waals surface area contributed by atoms with Crippen molar-refractivity contribution in [3.63, 3.8) is 0 Å². The lowest BCUT2D eigenvalue weighted by Gasteiger charge is -2.37. The molecule has 3 aliphatic heterocycles. The number of hydrogen-bond acceptors (Lipinski definition) is 6. The van der Waals surface area contributed by atoms with E-state index in [1.165, 1.54) is 31.2 Å². The van der Waals surface area contributed by atoms with Crippen LogP contribution < -0.4 is 14.5 Å². The molecule has 1 aromatic carbocycles. The highest BCUT2D eigenvalue weighted by atomic mass is 16.5. The van der Waals surface area contributed by atoms with Gasteiger partial charge in [0.05, 0.1) is 0 Å². The Labute approximate surface area is 184 Å². The van der Waals surface area contributed by atoms with Gasteiger partial charge in [-0.2, -0.15) is 0 Å². The predicted molar refractivity (Wildman–Crippen MR) is 121 cm³/mol. The van der Waals surface area contributed by atoms with Crippen LogP contribution in [0.5, 0.6) is 5.75 Å². The number of anilines is 2. The number of nitrogens with zero attached hydrogens (tertiary/aromatic N) is 5. The number of amides is 1. The molecule has 0 N–H and O–H groups in total. The zero-order valence-electron chi connectivity index (χ0n) is 18.1. The molecule has 1 aromatic heterocycles. The first-order valence-corrected chi connectivity index (χ1v) is 11.6. The number of rotatable bonds is 3. The normalized spacial score (nSPS) is 21.8. The van der Waals surface area contributed by atoms with Crippen LogP contribution in [0.15, 0.2) is 36.4 Å². The standard InChI is InChI=1S/C24H31N5O2/c30-24(21-10-9-19-7-3-4-8-20(19)31-21)29-17-15-28(16-18-29)23-12-11-22(25-26-23)27-13-5-1-2-6-14-27/h3-4,7-8,11-12,21H,1-2,5-6,9-10,13-18H2. The SMILES string of the molecule is O=C(C1CCc2ccccc2O1)N1CCN(c2ccc(N3CCCCCC3)nn2)CC1. The molecule has 1 unspecified atom stereocenters. The lowest BCUT2D eigenvalue weighted by Crippen LogP contribution is -2.53. The third-order valence-corrected chi connectivity index (χ3v) is 6.67. The molecular formula is C24H31N5O2. The third-order valence-electron chi connectivity index (χ3n) is 6.67. The molecule has 0 spiro atoms. The molecule has 2 fully saturated rings. The summed E-state index contributed by atoms with van der Waals surface area (Å²) in [4.78, 5) is 19.5. The first-order valence-electron chi connectivity index (χ1n) is 11.6. The molecule has 0 aliphatic carbocycles. The van der Waals surface area contributed by atoms with Crippen molar-refractivity contribution in [2.45, 2.75) is 44.6 Å². The maximum absolute atomic E-state index is 13.0. The van der Waals surface area contributed by atoms with Crippen molar-refractivity contribution in [1.82, 2.24) is 15.1 Å². The van der Waals surface area contributed by atoms with Crippen LogP contribution in [-0.4, -0.2) is 66.4 Å². The number of ether oxygens (including phenoxy) is 1. The fourth-order valence-electron chi connectivity index (χ4n) is 4.81. The Morgan fingerprint density at radius 3 is 2.13 bits per heavy atom. The second-order valence-corrected chi connectivity index (χ2v) is 8.72. The fraction of sp³-hybridized carbons (Fsp3) is 0.542. The van der Waals surface area contributed by atoms with Gasteiger partial charge in [0, 0.05) is 39.3 Å². The molecule has 4 heterocycles. The van der Waals surface area contributed by atoms with E-state index in [4.69, 9.17) is 4.74 Å². The average molecular weight is 422 g/mol. The van der Waals surface area contributed by atoms with Gasteiger partial charge in [-0.05, 0) is 49.4 Å². The van der Waals surface area contributed by atoms with Crippen molar-refractivity contribution >= 4 is 17.5 Å². The molecule has 0 bridgehead atoms. The van der Waals surface area contributed by atoms with Gasteiger partial charge in [-0.1, -0.05) is 31.0 Å². The first kappa shape index (κ1) is 20.1. The molecule has 3 aliphatic rings. The Kier molecular flexibility index (Phi) is 5.91. The van der Waals surface area contributed by atoms with Gasteiger partial charge in [-0.3, -0.25) is 4.79 Å². The third kappa shape index (κ3) is 4.45. The minimum Gasteiger partial charge on any atom is -0.480 e. The molecule has 1 atom stereocenters.